The van der Waals surface area contributed by atoms with E-state index >= 15 is 0 Å². The number of unbranched alkanes of at least 4 members (excludes halogenated alkanes) is 5. The second kappa shape index (κ2) is 10.9. The zero-order chi connectivity index (χ0) is 13.8. The molecule has 0 aromatic rings. The lowest BCUT2D eigenvalue weighted by Gasteiger charge is -2.06. The van der Waals surface area contributed by atoms with Gasteiger partial charge in [0.15, 0.2) is 6.10 Å². The molecule has 0 bridgehead atoms. The smallest absolute Gasteiger partial charge is 0.345 e. The number of hydrogen-bond acceptors (Lipinski definition) is 5. The maximum Gasteiger partial charge on any atom is 0.345 e. The van der Waals surface area contributed by atoms with E-state index in [1.165, 1.54) is 0 Å². The first-order chi connectivity index (χ1) is 8.61. The maximum absolute atomic E-state index is 11.2. The molecule has 0 radical (unpaired) electrons. The zero-order valence-electron chi connectivity index (χ0n) is 10.6. The third kappa shape index (κ3) is 8.90. The van der Waals surface area contributed by atoms with Crippen molar-refractivity contribution in [1.29, 1.82) is 0 Å². The maximum atomic E-state index is 11.2. The van der Waals surface area contributed by atoms with Crippen molar-refractivity contribution in [3.8, 4) is 0 Å². The SMILES string of the molecule is C=CCCCCCCCC(=O)OC(=O)C(O)CO. The molecule has 0 aliphatic heterocycles. The fourth-order valence-electron chi connectivity index (χ4n) is 1.39. The van der Waals surface area contributed by atoms with Crippen molar-refractivity contribution in [2.75, 3.05) is 6.61 Å². The van der Waals surface area contributed by atoms with E-state index in [4.69, 9.17) is 10.2 Å². The number of hydrogen-bond donors (Lipinski definition) is 2. The summed E-state index contributed by atoms with van der Waals surface area (Å²) in [7, 11) is 0. The number of aliphatic hydroxyl groups is 2. The largest absolute Gasteiger partial charge is 0.393 e. The van der Waals surface area contributed by atoms with E-state index in [1.54, 1.807) is 0 Å². The molecule has 0 aromatic carbocycles. The van der Waals surface area contributed by atoms with Crippen molar-refractivity contribution in [3.05, 3.63) is 12.7 Å². The van der Waals surface area contributed by atoms with Gasteiger partial charge in [0.05, 0.1) is 6.61 Å². The normalized spacial score (nSPS) is 11.9. The van der Waals surface area contributed by atoms with Crippen LogP contribution in [-0.2, 0) is 14.3 Å². The van der Waals surface area contributed by atoms with Gasteiger partial charge < -0.3 is 14.9 Å². The van der Waals surface area contributed by atoms with Crippen LogP contribution in [0.15, 0.2) is 12.7 Å². The molecule has 18 heavy (non-hydrogen) atoms. The number of rotatable bonds is 10. The van der Waals surface area contributed by atoms with Crippen LogP contribution < -0.4 is 0 Å². The molecular weight excluding hydrogens is 236 g/mol. The molecule has 0 aromatic heterocycles. The van der Waals surface area contributed by atoms with Gasteiger partial charge in [-0.25, -0.2) is 4.79 Å². The van der Waals surface area contributed by atoms with Crippen LogP contribution >= 0.6 is 0 Å². The van der Waals surface area contributed by atoms with Crippen LogP contribution in [0.5, 0.6) is 0 Å². The van der Waals surface area contributed by atoms with Gasteiger partial charge >= 0.3 is 11.9 Å². The standard InChI is InChI=1S/C13H22O5/c1-2-3-4-5-6-7-8-9-12(16)18-13(17)11(15)10-14/h2,11,14-15H,1,3-10H2. The van der Waals surface area contributed by atoms with Gasteiger partial charge in [0, 0.05) is 6.42 Å². The van der Waals surface area contributed by atoms with Crippen LogP contribution in [0.4, 0.5) is 0 Å². The quantitative estimate of drug-likeness (QED) is 0.267. The number of ether oxygens (including phenoxy) is 1. The molecule has 0 amide bonds. The van der Waals surface area contributed by atoms with E-state index in [0.29, 0.717) is 6.42 Å². The molecule has 0 saturated heterocycles. The first-order valence-electron chi connectivity index (χ1n) is 6.26. The Labute approximate surface area is 107 Å². The Morgan fingerprint density at radius 2 is 1.78 bits per heavy atom. The summed E-state index contributed by atoms with van der Waals surface area (Å²) >= 11 is 0. The molecular formula is C13H22O5. The molecule has 0 fully saturated rings. The van der Waals surface area contributed by atoms with Gasteiger partial charge in [-0.15, -0.1) is 6.58 Å². The molecule has 0 spiro atoms. The molecule has 1 atom stereocenters. The monoisotopic (exact) mass is 258 g/mol. The number of aliphatic hydroxyl groups excluding tert-OH is 2. The van der Waals surface area contributed by atoms with Gasteiger partial charge in [-0.1, -0.05) is 25.3 Å². The summed E-state index contributed by atoms with van der Waals surface area (Å²) < 4.78 is 4.35. The molecule has 104 valence electrons. The lowest BCUT2D eigenvalue weighted by molar-refractivity contribution is -0.167. The van der Waals surface area contributed by atoms with Gasteiger partial charge in [0.2, 0.25) is 0 Å². The van der Waals surface area contributed by atoms with Crippen molar-refractivity contribution in [2.24, 2.45) is 0 Å². The third-order valence-electron chi connectivity index (χ3n) is 2.45. The first kappa shape index (κ1) is 16.8. The Morgan fingerprint density at radius 1 is 1.17 bits per heavy atom. The highest BCUT2D eigenvalue weighted by atomic mass is 16.6. The van der Waals surface area contributed by atoms with Crippen LogP contribution in [0.25, 0.3) is 0 Å². The van der Waals surface area contributed by atoms with Gasteiger partial charge in [0.1, 0.15) is 0 Å². The Balaban J connectivity index is 3.48. The molecule has 0 aliphatic rings. The van der Waals surface area contributed by atoms with Crippen molar-refractivity contribution >= 4 is 11.9 Å². The van der Waals surface area contributed by atoms with E-state index in [9.17, 15) is 9.59 Å². The number of carbonyl (C=O) groups excluding carboxylic acids is 2. The molecule has 0 saturated carbocycles. The molecule has 5 heteroatoms. The van der Waals surface area contributed by atoms with Gasteiger partial charge in [-0.2, -0.15) is 0 Å². The first-order valence-corrected chi connectivity index (χ1v) is 6.26. The molecule has 0 aliphatic carbocycles. The predicted molar refractivity (Wildman–Crippen MR) is 66.7 cm³/mol. The zero-order valence-corrected chi connectivity index (χ0v) is 10.6. The van der Waals surface area contributed by atoms with Crippen LogP contribution in [-0.4, -0.2) is 34.9 Å². The van der Waals surface area contributed by atoms with E-state index in [-0.39, 0.29) is 6.42 Å². The highest BCUT2D eigenvalue weighted by Crippen LogP contribution is 2.08. The lowest BCUT2D eigenvalue weighted by Crippen LogP contribution is -2.28. The van der Waals surface area contributed by atoms with E-state index in [2.05, 4.69) is 11.3 Å². The second-order valence-electron chi connectivity index (χ2n) is 4.09. The summed E-state index contributed by atoms with van der Waals surface area (Å²) in [5, 5.41) is 17.3. The predicted octanol–water partition coefficient (Wildman–Crippen LogP) is 1.33. The van der Waals surface area contributed by atoms with Crippen molar-refractivity contribution in [2.45, 2.75) is 51.0 Å². The van der Waals surface area contributed by atoms with Crippen LogP contribution in [0.2, 0.25) is 0 Å². The van der Waals surface area contributed by atoms with Crippen LogP contribution in [0, 0.1) is 0 Å². The molecule has 0 heterocycles. The van der Waals surface area contributed by atoms with E-state index < -0.39 is 24.6 Å². The summed E-state index contributed by atoms with van der Waals surface area (Å²) in [6.45, 7) is 2.89. The lowest BCUT2D eigenvalue weighted by atomic mass is 10.1. The Hall–Kier alpha value is -1.20. The highest BCUT2D eigenvalue weighted by Gasteiger charge is 2.18. The Bertz CT molecular complexity index is 262. The average Bonchev–Trinajstić information content (AvgIpc) is 2.36. The average molecular weight is 258 g/mol. The van der Waals surface area contributed by atoms with Crippen LogP contribution in [0.1, 0.15) is 44.9 Å². The minimum absolute atomic E-state index is 0.158. The Morgan fingerprint density at radius 3 is 2.39 bits per heavy atom. The van der Waals surface area contributed by atoms with Crippen molar-refractivity contribution in [3.63, 3.8) is 0 Å². The summed E-state index contributed by atoms with van der Waals surface area (Å²) in [4.78, 5) is 22.1. The van der Waals surface area contributed by atoms with Gasteiger partial charge in [-0.3, -0.25) is 4.79 Å². The minimum atomic E-state index is -1.63. The number of allylic oxidation sites excluding steroid dienone is 1. The van der Waals surface area contributed by atoms with Crippen molar-refractivity contribution < 1.29 is 24.5 Å². The van der Waals surface area contributed by atoms with E-state index in [0.717, 1.165) is 32.1 Å². The van der Waals surface area contributed by atoms with Gasteiger partial charge in [-0.05, 0) is 19.3 Å². The minimum Gasteiger partial charge on any atom is -0.393 e. The molecule has 1 unspecified atom stereocenters. The van der Waals surface area contributed by atoms with Crippen molar-refractivity contribution in [1.82, 2.24) is 0 Å². The number of carbonyl (C=O) groups is 2. The molecule has 0 rings (SSSR count). The summed E-state index contributed by atoms with van der Waals surface area (Å²) in [6, 6.07) is 0. The molecule has 5 nitrogen and oxygen atoms in total. The van der Waals surface area contributed by atoms with Crippen LogP contribution in [0.3, 0.4) is 0 Å². The fourth-order valence-corrected chi connectivity index (χ4v) is 1.39. The van der Waals surface area contributed by atoms with Gasteiger partial charge in [0.25, 0.3) is 0 Å². The summed E-state index contributed by atoms with van der Waals surface area (Å²) in [5.74, 6) is -1.74. The Kier molecular flexibility index (Phi) is 10.2. The second-order valence-corrected chi connectivity index (χ2v) is 4.09. The highest BCUT2D eigenvalue weighted by molar-refractivity contribution is 5.87. The summed E-state index contributed by atoms with van der Waals surface area (Å²) in [5.41, 5.74) is 0. The molecule has 2 N–H and O–H groups in total. The topological polar surface area (TPSA) is 83.8 Å². The third-order valence-corrected chi connectivity index (χ3v) is 2.45. The fraction of sp³-hybridized carbons (Fsp3) is 0.692. The van der Waals surface area contributed by atoms with E-state index in [1.807, 2.05) is 6.08 Å². The number of esters is 2. The summed E-state index contributed by atoms with van der Waals surface area (Å²) in [6.07, 6.45) is 6.23.